The number of hydrogen-bond donors (Lipinski definition) is 0. The van der Waals surface area contributed by atoms with Gasteiger partial charge in [-0.2, -0.15) is 0 Å². The topological polar surface area (TPSA) is 51.6 Å². The van der Waals surface area contributed by atoms with Gasteiger partial charge in [0, 0.05) is 39.7 Å². The van der Waals surface area contributed by atoms with Gasteiger partial charge in [0.2, 0.25) is 0 Å². The van der Waals surface area contributed by atoms with Crippen LogP contribution < -0.4 is 0 Å². The summed E-state index contributed by atoms with van der Waals surface area (Å²) in [6, 6.07) is 25.9. The quantitative estimate of drug-likeness (QED) is 0.271. The summed E-state index contributed by atoms with van der Waals surface area (Å²) >= 11 is 6.64. The SMILES string of the molecule is Clc1cc(-c2nc(-c3ccccc3)nc(-c3ccccc3)n2)cc(-c2cncc3c2C=CCC3)c1. The Kier molecular flexibility index (Phi) is 5.65. The summed E-state index contributed by atoms with van der Waals surface area (Å²) in [4.78, 5) is 19.0. The fourth-order valence-electron chi connectivity index (χ4n) is 4.39. The van der Waals surface area contributed by atoms with E-state index >= 15 is 0 Å². The minimum Gasteiger partial charge on any atom is -0.264 e. The first-order valence-electron chi connectivity index (χ1n) is 11.6. The van der Waals surface area contributed by atoms with Gasteiger partial charge in [-0.3, -0.25) is 4.98 Å². The predicted octanol–water partition coefficient (Wildman–Crippen LogP) is 7.55. The van der Waals surface area contributed by atoms with Gasteiger partial charge in [0.25, 0.3) is 0 Å². The van der Waals surface area contributed by atoms with E-state index in [0.717, 1.165) is 40.7 Å². The zero-order valence-electron chi connectivity index (χ0n) is 18.9. The summed E-state index contributed by atoms with van der Waals surface area (Å²) in [5.74, 6) is 1.82. The second kappa shape index (κ2) is 9.24. The Bertz CT molecular complexity index is 1490. The molecule has 0 bridgehead atoms. The molecular formula is C30H21ClN4. The van der Waals surface area contributed by atoms with Crippen LogP contribution in [0.15, 0.2) is 97.3 Å². The molecule has 2 heterocycles. The summed E-state index contributed by atoms with van der Waals surface area (Å²) in [6.07, 6.45) is 10.3. The summed E-state index contributed by atoms with van der Waals surface area (Å²) < 4.78 is 0. The summed E-state index contributed by atoms with van der Waals surface area (Å²) in [7, 11) is 0. The highest BCUT2D eigenvalue weighted by Crippen LogP contribution is 2.34. The van der Waals surface area contributed by atoms with E-state index in [1.165, 1.54) is 11.1 Å². The first kappa shape index (κ1) is 21.4. The maximum Gasteiger partial charge on any atom is 0.164 e. The number of benzene rings is 3. The van der Waals surface area contributed by atoms with Crippen molar-refractivity contribution in [3.8, 4) is 45.3 Å². The van der Waals surface area contributed by atoms with Crippen molar-refractivity contribution in [3.63, 3.8) is 0 Å². The molecule has 0 radical (unpaired) electrons. The number of nitrogens with zero attached hydrogens (tertiary/aromatic N) is 4. The molecule has 3 aromatic carbocycles. The highest BCUT2D eigenvalue weighted by Gasteiger charge is 2.16. The Morgan fingerprint density at radius 3 is 1.89 bits per heavy atom. The molecule has 0 spiro atoms. The molecule has 5 heteroatoms. The third-order valence-corrected chi connectivity index (χ3v) is 6.32. The van der Waals surface area contributed by atoms with Crippen LogP contribution in [0.2, 0.25) is 5.02 Å². The Morgan fingerprint density at radius 2 is 1.23 bits per heavy atom. The number of aromatic nitrogens is 4. The van der Waals surface area contributed by atoms with Crippen molar-refractivity contribution in [1.82, 2.24) is 19.9 Å². The van der Waals surface area contributed by atoms with Crippen molar-refractivity contribution in [3.05, 3.63) is 113 Å². The lowest BCUT2D eigenvalue weighted by Crippen LogP contribution is -2.01. The highest BCUT2D eigenvalue weighted by atomic mass is 35.5. The number of pyridine rings is 1. The Labute approximate surface area is 209 Å². The van der Waals surface area contributed by atoms with E-state index in [2.05, 4.69) is 23.2 Å². The summed E-state index contributed by atoms with van der Waals surface area (Å²) in [5, 5.41) is 0.623. The molecule has 2 aromatic heterocycles. The van der Waals surface area contributed by atoms with Crippen LogP contribution in [0.5, 0.6) is 0 Å². The smallest absolute Gasteiger partial charge is 0.164 e. The molecule has 0 aliphatic heterocycles. The van der Waals surface area contributed by atoms with Crippen LogP contribution in [0, 0.1) is 0 Å². The molecule has 0 saturated carbocycles. The van der Waals surface area contributed by atoms with Gasteiger partial charge in [-0.1, -0.05) is 84.4 Å². The molecule has 0 atom stereocenters. The molecule has 5 aromatic rings. The average Bonchev–Trinajstić information content (AvgIpc) is 2.93. The molecule has 0 N–H and O–H groups in total. The Balaban J connectivity index is 1.53. The van der Waals surface area contributed by atoms with Crippen LogP contribution in [0.4, 0.5) is 0 Å². The normalized spacial score (nSPS) is 12.4. The van der Waals surface area contributed by atoms with Crippen LogP contribution in [-0.2, 0) is 6.42 Å². The lowest BCUT2D eigenvalue weighted by atomic mass is 9.92. The number of fused-ring (bicyclic) bond motifs is 1. The standard InChI is InChI=1S/C30H21ClN4/c31-25-16-23(27-19-32-18-22-13-7-8-14-26(22)27)15-24(17-25)30-34-28(20-9-3-1-4-10-20)33-29(35-30)21-11-5-2-6-12-21/h1-6,8-12,14-19H,7,13H2. The molecule has 6 rings (SSSR count). The van der Waals surface area contributed by atoms with Crippen molar-refractivity contribution in [1.29, 1.82) is 0 Å². The first-order valence-corrected chi connectivity index (χ1v) is 11.9. The summed E-state index contributed by atoms with van der Waals surface area (Å²) in [6.45, 7) is 0. The van der Waals surface area contributed by atoms with E-state index in [-0.39, 0.29) is 0 Å². The van der Waals surface area contributed by atoms with Crippen molar-refractivity contribution >= 4 is 17.7 Å². The molecule has 1 aliphatic rings. The zero-order chi connectivity index (χ0) is 23.6. The predicted molar refractivity (Wildman–Crippen MR) is 142 cm³/mol. The zero-order valence-corrected chi connectivity index (χ0v) is 19.7. The summed E-state index contributed by atoms with van der Waals surface area (Å²) in [5.41, 5.74) is 7.20. The molecule has 168 valence electrons. The van der Waals surface area contributed by atoms with Crippen LogP contribution >= 0.6 is 11.6 Å². The average molecular weight is 473 g/mol. The van der Waals surface area contributed by atoms with Crippen LogP contribution in [-0.4, -0.2) is 19.9 Å². The van der Waals surface area contributed by atoms with E-state index in [1.54, 1.807) is 0 Å². The molecule has 0 saturated heterocycles. The van der Waals surface area contributed by atoms with Gasteiger partial charge in [-0.25, -0.2) is 15.0 Å². The lowest BCUT2D eigenvalue weighted by Gasteiger charge is -2.15. The third-order valence-electron chi connectivity index (χ3n) is 6.10. The maximum atomic E-state index is 6.64. The largest absolute Gasteiger partial charge is 0.264 e. The van der Waals surface area contributed by atoms with Gasteiger partial charge in [-0.15, -0.1) is 0 Å². The molecular weight excluding hydrogens is 452 g/mol. The van der Waals surface area contributed by atoms with Crippen LogP contribution in [0.3, 0.4) is 0 Å². The van der Waals surface area contributed by atoms with Gasteiger partial charge in [0.05, 0.1) is 0 Å². The molecule has 0 fully saturated rings. The van der Waals surface area contributed by atoms with Crippen LogP contribution in [0.1, 0.15) is 17.5 Å². The fraction of sp³-hybridized carbons (Fsp3) is 0.0667. The van der Waals surface area contributed by atoms with Gasteiger partial charge in [0.1, 0.15) is 0 Å². The fourth-order valence-corrected chi connectivity index (χ4v) is 4.63. The lowest BCUT2D eigenvalue weighted by molar-refractivity contribution is 0.972. The number of halogens is 1. The molecule has 0 unspecified atom stereocenters. The van der Waals surface area contributed by atoms with Crippen molar-refractivity contribution in [2.24, 2.45) is 0 Å². The number of aryl methyl sites for hydroxylation is 1. The number of hydrogen-bond acceptors (Lipinski definition) is 4. The van der Waals surface area contributed by atoms with Crippen molar-refractivity contribution in [2.75, 3.05) is 0 Å². The van der Waals surface area contributed by atoms with E-state index in [4.69, 9.17) is 26.6 Å². The van der Waals surface area contributed by atoms with E-state index in [1.807, 2.05) is 85.2 Å². The second-order valence-corrected chi connectivity index (χ2v) is 8.90. The third kappa shape index (κ3) is 4.36. The van der Waals surface area contributed by atoms with E-state index < -0.39 is 0 Å². The first-order chi connectivity index (χ1) is 17.2. The highest BCUT2D eigenvalue weighted by molar-refractivity contribution is 6.31. The molecule has 4 nitrogen and oxygen atoms in total. The van der Waals surface area contributed by atoms with Crippen molar-refractivity contribution in [2.45, 2.75) is 12.8 Å². The maximum absolute atomic E-state index is 6.64. The van der Waals surface area contributed by atoms with Gasteiger partial charge >= 0.3 is 0 Å². The van der Waals surface area contributed by atoms with E-state index in [0.29, 0.717) is 22.5 Å². The van der Waals surface area contributed by atoms with Crippen molar-refractivity contribution < 1.29 is 0 Å². The molecule has 1 aliphatic carbocycles. The molecule has 0 amide bonds. The number of rotatable bonds is 4. The van der Waals surface area contributed by atoms with Gasteiger partial charge in [-0.05, 0) is 47.7 Å². The van der Waals surface area contributed by atoms with Gasteiger partial charge in [0.15, 0.2) is 17.5 Å². The minimum absolute atomic E-state index is 0.578. The second-order valence-electron chi connectivity index (χ2n) is 8.47. The Hall–Kier alpha value is -4.15. The Morgan fingerprint density at radius 1 is 0.629 bits per heavy atom. The number of allylic oxidation sites excluding steroid dienone is 1. The minimum atomic E-state index is 0.578. The monoisotopic (exact) mass is 472 g/mol. The van der Waals surface area contributed by atoms with Crippen LogP contribution in [0.25, 0.3) is 51.4 Å². The van der Waals surface area contributed by atoms with E-state index in [9.17, 15) is 0 Å². The molecule has 35 heavy (non-hydrogen) atoms. The van der Waals surface area contributed by atoms with Gasteiger partial charge < -0.3 is 0 Å².